The third-order valence-electron chi connectivity index (χ3n) is 6.05. The van der Waals surface area contributed by atoms with E-state index in [1.807, 2.05) is 65.6 Å². The molecule has 0 aliphatic carbocycles. The molecule has 0 unspecified atom stereocenters. The van der Waals surface area contributed by atoms with Crippen LogP contribution in [0.3, 0.4) is 0 Å². The Hall–Kier alpha value is -3.35. The molecule has 188 valence electrons. The van der Waals surface area contributed by atoms with Crippen molar-refractivity contribution >= 4 is 17.9 Å². The number of alkyl carbamates (subject to hydrolysis) is 1. The van der Waals surface area contributed by atoms with Crippen LogP contribution in [0.2, 0.25) is 0 Å². The van der Waals surface area contributed by atoms with Gasteiger partial charge in [-0.3, -0.25) is 9.59 Å². The van der Waals surface area contributed by atoms with Crippen molar-refractivity contribution in [1.82, 2.24) is 15.5 Å². The minimum absolute atomic E-state index is 0.104. The van der Waals surface area contributed by atoms with Gasteiger partial charge >= 0.3 is 6.09 Å². The molecule has 0 aromatic heterocycles. The number of ether oxygens (including phenoxy) is 1. The van der Waals surface area contributed by atoms with E-state index in [0.29, 0.717) is 25.6 Å². The van der Waals surface area contributed by atoms with Crippen LogP contribution in [0.4, 0.5) is 4.79 Å². The van der Waals surface area contributed by atoms with Gasteiger partial charge in [-0.25, -0.2) is 4.79 Å². The van der Waals surface area contributed by atoms with Crippen LogP contribution < -0.4 is 10.6 Å². The lowest BCUT2D eigenvalue weighted by atomic mass is 9.88. The van der Waals surface area contributed by atoms with Crippen molar-refractivity contribution in [3.05, 3.63) is 71.8 Å². The highest BCUT2D eigenvalue weighted by Crippen LogP contribution is 2.29. The average molecular weight is 480 g/mol. The lowest BCUT2D eigenvalue weighted by molar-refractivity contribution is -0.133. The third kappa shape index (κ3) is 8.42. The molecule has 2 N–H and O–H groups in total. The summed E-state index contributed by atoms with van der Waals surface area (Å²) in [6.45, 7) is 7.54. The molecule has 1 aliphatic rings. The summed E-state index contributed by atoms with van der Waals surface area (Å²) in [5, 5.41) is 5.56. The van der Waals surface area contributed by atoms with Crippen molar-refractivity contribution < 1.29 is 19.1 Å². The zero-order valence-corrected chi connectivity index (χ0v) is 21.0. The maximum absolute atomic E-state index is 13.5. The molecular weight excluding hydrogens is 442 g/mol. The van der Waals surface area contributed by atoms with E-state index >= 15 is 0 Å². The van der Waals surface area contributed by atoms with Crippen LogP contribution in [-0.2, 0) is 14.3 Å². The molecule has 7 nitrogen and oxygen atoms in total. The Balaban J connectivity index is 1.44. The molecule has 0 saturated carbocycles. The van der Waals surface area contributed by atoms with E-state index in [1.54, 1.807) is 20.8 Å². The molecule has 35 heavy (non-hydrogen) atoms. The summed E-state index contributed by atoms with van der Waals surface area (Å²) in [5.74, 6) is 0.0331. The SMILES string of the molecule is CC(C)(C)OC(=O)NCCC(=O)NCC1CCN(C(=O)C(c2ccccc2)c2ccccc2)CC1. The highest BCUT2D eigenvalue weighted by Gasteiger charge is 2.30. The Morgan fingerprint density at radius 2 is 1.46 bits per heavy atom. The number of rotatable bonds is 8. The van der Waals surface area contributed by atoms with Gasteiger partial charge in [0.2, 0.25) is 11.8 Å². The molecule has 1 aliphatic heterocycles. The Labute approximate surface area is 208 Å². The number of benzene rings is 2. The summed E-state index contributed by atoms with van der Waals surface area (Å²) in [6, 6.07) is 19.8. The molecule has 1 saturated heterocycles. The van der Waals surface area contributed by atoms with Gasteiger partial charge < -0.3 is 20.3 Å². The third-order valence-corrected chi connectivity index (χ3v) is 6.05. The monoisotopic (exact) mass is 479 g/mol. The standard InChI is InChI=1S/C28H37N3O4/c1-28(2,3)35-27(34)29-17-14-24(32)30-20-21-15-18-31(19-16-21)26(33)25(22-10-6-4-7-11-22)23-12-8-5-9-13-23/h4-13,21,25H,14-20H2,1-3H3,(H,29,34)(H,30,32). The van der Waals surface area contributed by atoms with Gasteiger partial charge in [0.15, 0.2) is 0 Å². The van der Waals surface area contributed by atoms with Crippen LogP contribution in [0, 0.1) is 5.92 Å². The molecular formula is C28H37N3O4. The number of amides is 3. The topological polar surface area (TPSA) is 87.7 Å². The van der Waals surface area contributed by atoms with Crippen molar-refractivity contribution in [1.29, 1.82) is 0 Å². The zero-order valence-electron chi connectivity index (χ0n) is 21.0. The van der Waals surface area contributed by atoms with Crippen LogP contribution in [0.25, 0.3) is 0 Å². The van der Waals surface area contributed by atoms with E-state index in [9.17, 15) is 14.4 Å². The molecule has 0 radical (unpaired) electrons. The largest absolute Gasteiger partial charge is 0.444 e. The van der Waals surface area contributed by atoms with Gasteiger partial charge in [0.25, 0.3) is 0 Å². The van der Waals surface area contributed by atoms with Crippen molar-refractivity contribution in [2.24, 2.45) is 5.92 Å². The van der Waals surface area contributed by atoms with Gasteiger partial charge in [-0.2, -0.15) is 0 Å². The Morgan fingerprint density at radius 1 is 0.914 bits per heavy atom. The Bertz CT molecular complexity index is 925. The molecule has 0 bridgehead atoms. The highest BCUT2D eigenvalue weighted by molar-refractivity contribution is 5.87. The molecule has 3 rings (SSSR count). The Morgan fingerprint density at radius 3 is 1.97 bits per heavy atom. The number of carbonyl (C=O) groups is 3. The van der Waals surface area contributed by atoms with Crippen LogP contribution in [0.1, 0.15) is 57.1 Å². The van der Waals surface area contributed by atoms with Crippen LogP contribution in [-0.4, -0.2) is 54.6 Å². The maximum atomic E-state index is 13.5. The number of nitrogens with one attached hydrogen (secondary N) is 2. The average Bonchev–Trinajstić information content (AvgIpc) is 2.83. The molecule has 2 aromatic rings. The smallest absolute Gasteiger partial charge is 0.407 e. The molecule has 3 amide bonds. The quantitative estimate of drug-likeness (QED) is 0.597. The van der Waals surface area contributed by atoms with Crippen molar-refractivity contribution in [2.45, 2.75) is 51.6 Å². The number of hydrogen-bond donors (Lipinski definition) is 2. The summed E-state index contributed by atoms with van der Waals surface area (Å²) in [5.41, 5.74) is 1.43. The lowest BCUT2D eigenvalue weighted by Gasteiger charge is -2.34. The number of likely N-dealkylation sites (tertiary alicyclic amines) is 1. The first-order valence-corrected chi connectivity index (χ1v) is 12.3. The van der Waals surface area contributed by atoms with Gasteiger partial charge in [-0.05, 0) is 50.7 Å². The van der Waals surface area contributed by atoms with E-state index in [0.717, 1.165) is 24.0 Å². The first-order chi connectivity index (χ1) is 16.7. The van der Waals surface area contributed by atoms with Gasteiger partial charge in [0.05, 0.1) is 5.92 Å². The molecule has 0 atom stereocenters. The van der Waals surface area contributed by atoms with E-state index in [-0.39, 0.29) is 30.7 Å². The van der Waals surface area contributed by atoms with Crippen molar-refractivity contribution in [3.8, 4) is 0 Å². The van der Waals surface area contributed by atoms with Crippen molar-refractivity contribution in [3.63, 3.8) is 0 Å². The molecule has 2 aromatic carbocycles. The summed E-state index contributed by atoms with van der Waals surface area (Å²) >= 11 is 0. The summed E-state index contributed by atoms with van der Waals surface area (Å²) in [7, 11) is 0. The second kappa shape index (κ2) is 12.4. The Kier molecular flexibility index (Phi) is 9.29. The molecule has 1 fully saturated rings. The second-order valence-corrected chi connectivity index (χ2v) is 10.0. The maximum Gasteiger partial charge on any atom is 0.407 e. The first-order valence-electron chi connectivity index (χ1n) is 12.3. The summed E-state index contributed by atoms with van der Waals surface area (Å²) < 4.78 is 5.16. The van der Waals surface area contributed by atoms with E-state index in [4.69, 9.17) is 4.74 Å². The van der Waals surface area contributed by atoms with Crippen molar-refractivity contribution in [2.75, 3.05) is 26.2 Å². The van der Waals surface area contributed by atoms with Gasteiger partial charge in [0, 0.05) is 32.6 Å². The predicted octanol–water partition coefficient (Wildman–Crippen LogP) is 4.09. The second-order valence-electron chi connectivity index (χ2n) is 10.0. The highest BCUT2D eigenvalue weighted by atomic mass is 16.6. The number of nitrogens with zero attached hydrogens (tertiary/aromatic N) is 1. The van der Waals surface area contributed by atoms with Crippen LogP contribution in [0.15, 0.2) is 60.7 Å². The van der Waals surface area contributed by atoms with Crippen LogP contribution >= 0.6 is 0 Å². The molecule has 7 heteroatoms. The van der Waals surface area contributed by atoms with Gasteiger partial charge in [-0.15, -0.1) is 0 Å². The molecule has 0 spiro atoms. The fraction of sp³-hybridized carbons (Fsp3) is 0.464. The predicted molar refractivity (Wildman–Crippen MR) is 136 cm³/mol. The van der Waals surface area contributed by atoms with Gasteiger partial charge in [0.1, 0.15) is 5.60 Å². The number of hydrogen-bond acceptors (Lipinski definition) is 4. The summed E-state index contributed by atoms with van der Waals surface area (Å²) in [4.78, 5) is 39.3. The van der Waals surface area contributed by atoms with Crippen LogP contribution in [0.5, 0.6) is 0 Å². The zero-order chi connectivity index (χ0) is 25.3. The number of piperidine rings is 1. The molecule has 1 heterocycles. The first kappa shape index (κ1) is 26.3. The number of carbonyl (C=O) groups excluding carboxylic acids is 3. The normalized spacial score (nSPS) is 14.5. The van der Waals surface area contributed by atoms with E-state index in [2.05, 4.69) is 10.6 Å². The minimum atomic E-state index is -0.565. The minimum Gasteiger partial charge on any atom is -0.444 e. The summed E-state index contributed by atoms with van der Waals surface area (Å²) in [6.07, 6.45) is 1.37. The van der Waals surface area contributed by atoms with Gasteiger partial charge in [-0.1, -0.05) is 60.7 Å². The lowest BCUT2D eigenvalue weighted by Crippen LogP contribution is -2.43. The fourth-order valence-corrected chi connectivity index (χ4v) is 4.25. The van der Waals surface area contributed by atoms with E-state index in [1.165, 1.54) is 0 Å². The van der Waals surface area contributed by atoms with E-state index < -0.39 is 11.7 Å². The fourth-order valence-electron chi connectivity index (χ4n) is 4.25.